The molecule has 0 saturated carbocycles. The maximum atomic E-state index is 11.5. The number of benzene rings is 3. The zero-order valence-electron chi connectivity index (χ0n) is 17.4. The molecule has 0 atom stereocenters. The summed E-state index contributed by atoms with van der Waals surface area (Å²) in [5, 5.41) is 18.2. The summed E-state index contributed by atoms with van der Waals surface area (Å²) in [5.41, 5.74) is 6.15. The number of hydrogen-bond donors (Lipinski definition) is 2. The van der Waals surface area contributed by atoms with Gasteiger partial charge < -0.3 is 10.0 Å². The largest absolute Gasteiger partial charge is 0.478 e. The number of rotatable bonds is 3. The summed E-state index contributed by atoms with van der Waals surface area (Å²) in [6.45, 7) is 0.772. The second-order valence-corrected chi connectivity index (χ2v) is 8.54. The van der Waals surface area contributed by atoms with Gasteiger partial charge in [0.1, 0.15) is 5.69 Å². The molecule has 1 aliphatic heterocycles. The molecule has 3 aromatic carbocycles. The summed E-state index contributed by atoms with van der Waals surface area (Å²) in [6, 6.07) is 16.7. The first-order chi connectivity index (χ1) is 16.1. The van der Waals surface area contributed by atoms with E-state index in [-0.39, 0.29) is 5.56 Å². The number of H-pyrrole nitrogens is 1. The molecule has 0 fully saturated rings. The molecule has 0 aliphatic carbocycles. The van der Waals surface area contributed by atoms with E-state index in [1.807, 2.05) is 36.4 Å². The van der Waals surface area contributed by atoms with Crippen LogP contribution < -0.4 is 4.90 Å². The van der Waals surface area contributed by atoms with Crippen LogP contribution in [0.4, 0.5) is 11.5 Å². The smallest absolute Gasteiger partial charge is 0.335 e. The minimum Gasteiger partial charge on any atom is -0.478 e. The van der Waals surface area contributed by atoms with Crippen LogP contribution in [0.2, 0.25) is 5.02 Å². The van der Waals surface area contributed by atoms with Gasteiger partial charge in [-0.3, -0.25) is 5.10 Å². The summed E-state index contributed by atoms with van der Waals surface area (Å²) in [7, 11) is 0. The highest BCUT2D eigenvalue weighted by Crippen LogP contribution is 2.39. The molecule has 5 aromatic rings. The van der Waals surface area contributed by atoms with Crippen molar-refractivity contribution in [3.05, 3.63) is 76.9 Å². The highest BCUT2D eigenvalue weighted by atomic mass is 35.5. The van der Waals surface area contributed by atoms with E-state index >= 15 is 0 Å². The molecule has 33 heavy (non-hydrogen) atoms. The van der Waals surface area contributed by atoms with Crippen LogP contribution in [0, 0.1) is 0 Å². The van der Waals surface area contributed by atoms with Crippen molar-refractivity contribution < 1.29 is 9.90 Å². The van der Waals surface area contributed by atoms with E-state index in [4.69, 9.17) is 21.6 Å². The van der Waals surface area contributed by atoms with Crippen LogP contribution in [0.1, 0.15) is 22.3 Å². The lowest BCUT2D eigenvalue weighted by atomic mass is 10.0. The van der Waals surface area contributed by atoms with Crippen LogP contribution >= 0.6 is 11.6 Å². The number of carboxylic acids is 1. The van der Waals surface area contributed by atoms with Gasteiger partial charge in [-0.05, 0) is 66.9 Å². The maximum absolute atomic E-state index is 11.5. The summed E-state index contributed by atoms with van der Waals surface area (Å²) >= 11 is 6.26. The van der Waals surface area contributed by atoms with E-state index in [1.54, 1.807) is 24.4 Å². The fraction of sp³-hybridized carbons (Fsp3) is 0.120. The number of hydrogen-bond acceptors (Lipinski definition) is 5. The number of aromatic nitrogens is 4. The molecule has 0 unspecified atom stereocenters. The number of fused-ring (bicyclic) bond motifs is 3. The fourth-order valence-corrected chi connectivity index (χ4v) is 4.63. The van der Waals surface area contributed by atoms with Gasteiger partial charge in [0, 0.05) is 28.2 Å². The SMILES string of the molecule is O=C(O)c1ccc2nc(-c3ccc4[nH]ncc4c3)c(N3CCCc4cc(Cl)ccc43)nc2c1. The van der Waals surface area contributed by atoms with E-state index in [9.17, 15) is 9.90 Å². The van der Waals surface area contributed by atoms with Gasteiger partial charge in [0.05, 0.1) is 28.3 Å². The third-order valence-electron chi connectivity index (χ3n) is 6.02. The molecule has 2 aromatic heterocycles. The summed E-state index contributed by atoms with van der Waals surface area (Å²) < 4.78 is 0. The molecule has 1 aliphatic rings. The normalized spacial score (nSPS) is 13.4. The molecular formula is C25H18ClN5O2. The van der Waals surface area contributed by atoms with E-state index in [0.717, 1.165) is 52.8 Å². The summed E-state index contributed by atoms with van der Waals surface area (Å²) in [5.74, 6) is -0.302. The Kier molecular flexibility index (Phi) is 4.52. The molecule has 0 bridgehead atoms. The number of aryl methyl sites for hydroxylation is 1. The van der Waals surface area contributed by atoms with E-state index in [0.29, 0.717) is 21.9 Å². The number of aromatic carboxylic acids is 1. The van der Waals surface area contributed by atoms with Crippen molar-refractivity contribution in [1.82, 2.24) is 20.2 Å². The van der Waals surface area contributed by atoms with Gasteiger partial charge in [-0.15, -0.1) is 0 Å². The second-order valence-electron chi connectivity index (χ2n) is 8.10. The number of nitrogens with one attached hydrogen (secondary N) is 1. The van der Waals surface area contributed by atoms with Crippen molar-refractivity contribution in [2.75, 3.05) is 11.4 Å². The molecule has 2 N–H and O–H groups in total. The lowest BCUT2D eigenvalue weighted by molar-refractivity contribution is 0.0697. The van der Waals surface area contributed by atoms with Crippen molar-refractivity contribution in [2.45, 2.75) is 12.8 Å². The van der Waals surface area contributed by atoms with Gasteiger partial charge >= 0.3 is 5.97 Å². The van der Waals surface area contributed by atoms with Crippen LogP contribution in [0.25, 0.3) is 33.2 Å². The van der Waals surface area contributed by atoms with Gasteiger partial charge in [0.2, 0.25) is 0 Å². The molecule has 8 heteroatoms. The number of nitrogens with zero attached hydrogens (tertiary/aromatic N) is 4. The predicted molar refractivity (Wildman–Crippen MR) is 128 cm³/mol. The third-order valence-corrected chi connectivity index (χ3v) is 6.26. The molecule has 6 rings (SSSR count). The van der Waals surface area contributed by atoms with Crippen molar-refractivity contribution >= 4 is 51.0 Å². The fourth-order valence-electron chi connectivity index (χ4n) is 4.44. The minimum absolute atomic E-state index is 0.182. The first-order valence-corrected chi connectivity index (χ1v) is 11.0. The molecule has 0 saturated heterocycles. The van der Waals surface area contributed by atoms with Crippen molar-refractivity contribution in [3.63, 3.8) is 0 Å². The molecule has 162 valence electrons. The first-order valence-electron chi connectivity index (χ1n) is 10.6. The van der Waals surface area contributed by atoms with E-state index in [1.165, 1.54) is 0 Å². The van der Waals surface area contributed by atoms with Crippen molar-refractivity contribution in [3.8, 4) is 11.3 Å². The van der Waals surface area contributed by atoms with Gasteiger partial charge in [0.15, 0.2) is 5.82 Å². The Labute approximate surface area is 193 Å². The second kappa shape index (κ2) is 7.56. The first kappa shape index (κ1) is 19.7. The van der Waals surface area contributed by atoms with Crippen molar-refractivity contribution in [1.29, 1.82) is 0 Å². The monoisotopic (exact) mass is 455 g/mol. The number of halogens is 1. The quantitative estimate of drug-likeness (QED) is 0.367. The Morgan fingerprint density at radius 3 is 2.82 bits per heavy atom. The topological polar surface area (TPSA) is 95.0 Å². The molecule has 0 radical (unpaired) electrons. The predicted octanol–water partition coefficient (Wildman–Crippen LogP) is 5.61. The van der Waals surface area contributed by atoms with Crippen LogP contribution in [0.5, 0.6) is 0 Å². The van der Waals surface area contributed by atoms with Gasteiger partial charge in [-0.1, -0.05) is 17.7 Å². The molecule has 0 amide bonds. The van der Waals surface area contributed by atoms with Gasteiger partial charge in [0.25, 0.3) is 0 Å². The molecule has 0 spiro atoms. The van der Waals surface area contributed by atoms with E-state index < -0.39 is 5.97 Å². The highest BCUT2D eigenvalue weighted by Gasteiger charge is 2.24. The molecule has 7 nitrogen and oxygen atoms in total. The van der Waals surface area contributed by atoms with Gasteiger partial charge in [-0.25, -0.2) is 14.8 Å². The molecular weight excluding hydrogens is 438 g/mol. The summed E-state index contributed by atoms with van der Waals surface area (Å²) in [4.78, 5) is 23.6. The average molecular weight is 456 g/mol. The minimum atomic E-state index is -0.993. The summed E-state index contributed by atoms with van der Waals surface area (Å²) in [6.07, 6.45) is 3.67. The lowest BCUT2D eigenvalue weighted by Gasteiger charge is -2.31. The lowest BCUT2D eigenvalue weighted by Crippen LogP contribution is -2.26. The van der Waals surface area contributed by atoms with Crippen LogP contribution in [-0.2, 0) is 6.42 Å². The Morgan fingerprint density at radius 1 is 1.03 bits per heavy atom. The highest BCUT2D eigenvalue weighted by molar-refractivity contribution is 6.30. The van der Waals surface area contributed by atoms with Gasteiger partial charge in [-0.2, -0.15) is 5.10 Å². The zero-order chi connectivity index (χ0) is 22.5. The zero-order valence-corrected chi connectivity index (χ0v) is 18.2. The number of carbonyl (C=O) groups is 1. The van der Waals surface area contributed by atoms with Crippen LogP contribution in [0.3, 0.4) is 0 Å². The van der Waals surface area contributed by atoms with Crippen LogP contribution in [0.15, 0.2) is 60.8 Å². The maximum Gasteiger partial charge on any atom is 0.335 e. The number of carboxylic acid groups (broad SMARTS) is 1. The van der Waals surface area contributed by atoms with E-state index in [2.05, 4.69) is 15.1 Å². The Morgan fingerprint density at radius 2 is 1.94 bits per heavy atom. The van der Waals surface area contributed by atoms with Crippen molar-refractivity contribution in [2.24, 2.45) is 0 Å². The number of aromatic amines is 1. The van der Waals surface area contributed by atoms with Crippen LogP contribution in [-0.4, -0.2) is 37.8 Å². The standard InChI is InChI=1S/C25H18ClN5O2/c26-18-5-8-22-14(11-18)2-1-9-31(22)24-23(15-3-6-19-17(10-15)13-27-30-19)28-20-7-4-16(25(32)33)12-21(20)29-24/h3-8,10-13H,1-2,9H2,(H,27,30)(H,32,33). The Bertz CT molecular complexity index is 1560. The Hall–Kier alpha value is -3.97. The average Bonchev–Trinajstić information content (AvgIpc) is 3.30. The number of anilines is 2. The third kappa shape index (κ3) is 3.37. The molecule has 3 heterocycles. The Balaban J connectivity index is 1.61.